The molecule has 0 radical (unpaired) electrons. The fourth-order valence-corrected chi connectivity index (χ4v) is 3.88. The molecule has 0 atom stereocenters. The topological polar surface area (TPSA) is 43.9 Å². The Balaban J connectivity index is 1.62. The highest BCUT2D eigenvalue weighted by Gasteiger charge is 2.14. The third-order valence-corrected chi connectivity index (χ3v) is 5.18. The molecular formula is C24H15N3O. The molecule has 0 aliphatic rings. The first-order valence-electron chi connectivity index (χ1n) is 9.17. The molecule has 0 bridgehead atoms. The summed E-state index contributed by atoms with van der Waals surface area (Å²) in [7, 11) is 0. The van der Waals surface area contributed by atoms with E-state index in [1.54, 1.807) is 6.26 Å². The van der Waals surface area contributed by atoms with Gasteiger partial charge in [-0.2, -0.15) is 0 Å². The number of hydrogen-bond acceptors (Lipinski definition) is 3. The van der Waals surface area contributed by atoms with Gasteiger partial charge in [0.2, 0.25) is 0 Å². The number of aromatic nitrogens is 3. The predicted molar refractivity (Wildman–Crippen MR) is 112 cm³/mol. The van der Waals surface area contributed by atoms with Crippen molar-refractivity contribution in [1.82, 2.24) is 14.5 Å². The summed E-state index contributed by atoms with van der Waals surface area (Å²) in [4.78, 5) is 9.24. The molecule has 0 N–H and O–H groups in total. The van der Waals surface area contributed by atoms with Gasteiger partial charge in [-0.05, 0) is 24.3 Å². The van der Waals surface area contributed by atoms with Gasteiger partial charge in [0.15, 0.2) is 5.82 Å². The number of benzene rings is 3. The van der Waals surface area contributed by atoms with Gasteiger partial charge in [0.25, 0.3) is 0 Å². The maximum atomic E-state index is 5.62. The van der Waals surface area contributed by atoms with Crippen LogP contribution in [0.3, 0.4) is 0 Å². The summed E-state index contributed by atoms with van der Waals surface area (Å²) in [6, 6.07) is 24.7. The predicted octanol–water partition coefficient (Wildman–Crippen LogP) is 5.99. The van der Waals surface area contributed by atoms with Crippen LogP contribution in [-0.4, -0.2) is 14.5 Å². The molecule has 28 heavy (non-hydrogen) atoms. The summed E-state index contributed by atoms with van der Waals surface area (Å²) in [6.45, 7) is 0. The molecule has 0 saturated carbocycles. The lowest BCUT2D eigenvalue weighted by atomic mass is 10.1. The number of nitrogens with zero attached hydrogens (tertiary/aromatic N) is 3. The maximum absolute atomic E-state index is 5.62. The van der Waals surface area contributed by atoms with Crippen LogP contribution in [0.1, 0.15) is 0 Å². The van der Waals surface area contributed by atoms with E-state index in [1.807, 2.05) is 48.8 Å². The van der Waals surface area contributed by atoms with Crippen LogP contribution in [-0.2, 0) is 0 Å². The van der Waals surface area contributed by atoms with E-state index in [1.165, 1.54) is 5.39 Å². The van der Waals surface area contributed by atoms with Crippen LogP contribution in [0.2, 0.25) is 0 Å². The third kappa shape index (κ3) is 2.18. The first-order chi connectivity index (χ1) is 13.9. The molecule has 6 aromatic rings. The monoisotopic (exact) mass is 361 g/mol. The molecule has 4 nitrogen and oxygen atoms in total. The van der Waals surface area contributed by atoms with Gasteiger partial charge in [-0.15, -0.1) is 0 Å². The Morgan fingerprint density at radius 3 is 2.36 bits per heavy atom. The number of hydrogen-bond donors (Lipinski definition) is 0. The molecule has 4 heteroatoms. The van der Waals surface area contributed by atoms with Gasteiger partial charge < -0.3 is 8.98 Å². The fourth-order valence-electron chi connectivity index (χ4n) is 3.88. The Morgan fingerprint density at radius 1 is 0.714 bits per heavy atom. The number of rotatable bonds is 2. The largest absolute Gasteiger partial charge is 0.464 e. The van der Waals surface area contributed by atoms with Gasteiger partial charge in [0.1, 0.15) is 5.58 Å². The molecule has 0 fully saturated rings. The quantitative estimate of drug-likeness (QED) is 0.381. The molecule has 0 spiro atoms. The second kappa shape index (κ2) is 5.79. The van der Waals surface area contributed by atoms with Crippen LogP contribution in [0.4, 0.5) is 0 Å². The van der Waals surface area contributed by atoms with Crippen molar-refractivity contribution in [2.45, 2.75) is 0 Å². The lowest BCUT2D eigenvalue weighted by Crippen LogP contribution is -1.97. The third-order valence-electron chi connectivity index (χ3n) is 5.18. The second-order valence-electron chi connectivity index (χ2n) is 6.81. The van der Waals surface area contributed by atoms with Crippen LogP contribution in [0.25, 0.3) is 49.9 Å². The van der Waals surface area contributed by atoms with Gasteiger partial charge in [-0.3, -0.25) is 0 Å². The highest BCUT2D eigenvalue weighted by atomic mass is 16.3. The highest BCUT2D eigenvalue weighted by molar-refractivity contribution is 6.12. The number of para-hydroxylation sites is 1. The Labute approximate surface area is 160 Å². The van der Waals surface area contributed by atoms with E-state index in [4.69, 9.17) is 4.42 Å². The zero-order valence-corrected chi connectivity index (χ0v) is 14.9. The van der Waals surface area contributed by atoms with Crippen LogP contribution in [0.15, 0.2) is 95.9 Å². The molecule has 0 saturated heterocycles. The van der Waals surface area contributed by atoms with E-state index in [-0.39, 0.29) is 0 Å². The summed E-state index contributed by atoms with van der Waals surface area (Å²) in [5, 5.41) is 3.42. The smallest absolute Gasteiger partial charge is 0.159 e. The van der Waals surface area contributed by atoms with Crippen molar-refractivity contribution in [3.63, 3.8) is 0 Å². The minimum absolute atomic E-state index is 0.724. The van der Waals surface area contributed by atoms with Crippen molar-refractivity contribution in [2.75, 3.05) is 0 Å². The van der Waals surface area contributed by atoms with E-state index in [9.17, 15) is 0 Å². The van der Waals surface area contributed by atoms with Crippen LogP contribution >= 0.6 is 0 Å². The maximum Gasteiger partial charge on any atom is 0.159 e. The summed E-state index contributed by atoms with van der Waals surface area (Å²) in [6.07, 6.45) is 5.51. The molecule has 3 aromatic heterocycles. The molecule has 3 aromatic carbocycles. The molecule has 6 rings (SSSR count). The SMILES string of the molecule is c1ccc(-c2ncc(-n3c4ccccc4c4cc5occc5cc43)cn2)cc1. The summed E-state index contributed by atoms with van der Waals surface area (Å²) in [5.41, 5.74) is 5.09. The second-order valence-corrected chi connectivity index (χ2v) is 6.81. The first kappa shape index (κ1) is 15.2. The summed E-state index contributed by atoms with van der Waals surface area (Å²) >= 11 is 0. The van der Waals surface area contributed by atoms with Crippen LogP contribution < -0.4 is 0 Å². The first-order valence-corrected chi connectivity index (χ1v) is 9.17. The average Bonchev–Trinajstić information content (AvgIpc) is 3.35. The average molecular weight is 361 g/mol. The van der Waals surface area contributed by atoms with Crippen LogP contribution in [0, 0.1) is 0 Å². The Hall–Kier alpha value is -3.92. The lowest BCUT2D eigenvalue weighted by molar-refractivity contribution is 0.616. The summed E-state index contributed by atoms with van der Waals surface area (Å²) in [5.74, 6) is 0.724. The van der Waals surface area contributed by atoms with Crippen molar-refractivity contribution in [3.05, 3.63) is 91.5 Å². The van der Waals surface area contributed by atoms with Gasteiger partial charge in [-0.1, -0.05) is 48.5 Å². The van der Waals surface area contributed by atoms with E-state index in [2.05, 4.69) is 50.9 Å². The molecule has 132 valence electrons. The van der Waals surface area contributed by atoms with E-state index >= 15 is 0 Å². The van der Waals surface area contributed by atoms with Crippen molar-refractivity contribution >= 4 is 32.8 Å². The molecule has 0 aliphatic heterocycles. The fraction of sp³-hybridized carbons (Fsp3) is 0. The lowest BCUT2D eigenvalue weighted by Gasteiger charge is -2.08. The molecule has 0 amide bonds. The summed E-state index contributed by atoms with van der Waals surface area (Å²) < 4.78 is 7.83. The normalized spacial score (nSPS) is 11.6. The van der Waals surface area contributed by atoms with Crippen molar-refractivity contribution in [3.8, 4) is 17.1 Å². The van der Waals surface area contributed by atoms with Gasteiger partial charge in [0, 0.05) is 21.7 Å². The highest BCUT2D eigenvalue weighted by Crippen LogP contribution is 2.34. The minimum Gasteiger partial charge on any atom is -0.464 e. The minimum atomic E-state index is 0.724. The van der Waals surface area contributed by atoms with Gasteiger partial charge in [0.05, 0.1) is 35.4 Å². The Morgan fingerprint density at radius 2 is 1.50 bits per heavy atom. The molecule has 0 unspecified atom stereocenters. The Kier molecular flexibility index (Phi) is 3.14. The zero-order chi connectivity index (χ0) is 18.5. The van der Waals surface area contributed by atoms with Crippen molar-refractivity contribution in [1.29, 1.82) is 0 Å². The molecule has 3 heterocycles. The number of fused-ring (bicyclic) bond motifs is 4. The van der Waals surface area contributed by atoms with E-state index in [0.29, 0.717) is 0 Å². The van der Waals surface area contributed by atoms with Gasteiger partial charge >= 0.3 is 0 Å². The zero-order valence-electron chi connectivity index (χ0n) is 14.9. The van der Waals surface area contributed by atoms with Crippen molar-refractivity contribution in [2.24, 2.45) is 0 Å². The van der Waals surface area contributed by atoms with E-state index in [0.717, 1.165) is 44.5 Å². The van der Waals surface area contributed by atoms with E-state index < -0.39 is 0 Å². The van der Waals surface area contributed by atoms with Crippen molar-refractivity contribution < 1.29 is 4.42 Å². The van der Waals surface area contributed by atoms with Gasteiger partial charge in [-0.25, -0.2) is 9.97 Å². The molecular weight excluding hydrogens is 346 g/mol. The molecule has 0 aliphatic carbocycles. The number of furan rings is 1. The standard InChI is InChI=1S/C24H15N3O/c1-2-6-16(7-3-1)24-25-14-18(15-26-24)27-21-9-5-4-8-19(21)20-13-23-17(10-11-28-23)12-22(20)27/h1-15H. The Bertz CT molecular complexity index is 1440. The van der Waals surface area contributed by atoms with Crippen LogP contribution in [0.5, 0.6) is 0 Å².